The van der Waals surface area contributed by atoms with Crippen LogP contribution < -0.4 is 5.14 Å². The van der Waals surface area contributed by atoms with Crippen molar-refractivity contribution in [3.8, 4) is 0 Å². The first-order valence-electron chi connectivity index (χ1n) is 7.20. The Morgan fingerprint density at radius 1 is 1.33 bits per heavy atom. The maximum absolute atomic E-state index is 11.9. The third kappa shape index (κ3) is 2.71. The minimum absolute atomic E-state index is 0.140. The van der Waals surface area contributed by atoms with Gasteiger partial charge < -0.3 is 9.30 Å². The topological polar surface area (TPSA) is 74.3 Å². The van der Waals surface area contributed by atoms with E-state index in [4.69, 9.17) is 9.88 Å². The lowest BCUT2D eigenvalue weighted by Crippen LogP contribution is -2.25. The van der Waals surface area contributed by atoms with Crippen molar-refractivity contribution in [2.45, 2.75) is 43.7 Å². The molecule has 21 heavy (non-hydrogen) atoms. The van der Waals surface area contributed by atoms with Gasteiger partial charge in [-0.3, -0.25) is 0 Å². The van der Waals surface area contributed by atoms with Gasteiger partial charge in [-0.1, -0.05) is 18.2 Å². The standard InChI is InChI=1S/C15H20N2O3S/c1-11-15(21(16,18)19)13-7-2-3-8-14(13)17(11)10-12-6-4-5-9-20-12/h2-3,7-8,12H,4-6,9-10H2,1H3,(H2,16,18,19). The molecule has 1 atom stereocenters. The average Bonchev–Trinajstić information content (AvgIpc) is 2.73. The van der Waals surface area contributed by atoms with Crippen molar-refractivity contribution in [1.29, 1.82) is 0 Å². The van der Waals surface area contributed by atoms with Crippen LogP contribution in [0.4, 0.5) is 0 Å². The first-order chi connectivity index (χ1) is 9.98. The van der Waals surface area contributed by atoms with Crippen LogP contribution in [0.15, 0.2) is 29.2 Å². The first kappa shape index (κ1) is 14.6. The van der Waals surface area contributed by atoms with E-state index in [1.807, 2.05) is 29.7 Å². The second-order valence-corrected chi connectivity index (χ2v) is 7.07. The summed E-state index contributed by atoms with van der Waals surface area (Å²) in [6, 6.07) is 7.48. The molecule has 2 heterocycles. The van der Waals surface area contributed by atoms with Crippen LogP contribution in [0.2, 0.25) is 0 Å². The summed E-state index contributed by atoms with van der Waals surface area (Å²) in [5.41, 5.74) is 1.58. The van der Waals surface area contributed by atoms with E-state index in [9.17, 15) is 8.42 Å². The SMILES string of the molecule is Cc1c(S(N)(=O)=O)c2ccccc2n1CC1CCCCO1. The Kier molecular flexibility index (Phi) is 3.77. The van der Waals surface area contributed by atoms with Crippen molar-refractivity contribution >= 4 is 20.9 Å². The molecule has 1 aliphatic heterocycles. The van der Waals surface area contributed by atoms with Crippen LogP contribution in [0.3, 0.4) is 0 Å². The van der Waals surface area contributed by atoms with Crippen LogP contribution in [0.1, 0.15) is 25.0 Å². The van der Waals surface area contributed by atoms with Crippen LogP contribution in [-0.2, 0) is 21.3 Å². The molecule has 1 aromatic carbocycles. The Morgan fingerprint density at radius 3 is 2.76 bits per heavy atom. The monoisotopic (exact) mass is 308 g/mol. The summed E-state index contributed by atoms with van der Waals surface area (Å²) >= 11 is 0. The van der Waals surface area contributed by atoms with E-state index in [0.717, 1.165) is 31.4 Å². The highest BCUT2D eigenvalue weighted by atomic mass is 32.2. The molecule has 1 unspecified atom stereocenters. The fourth-order valence-corrected chi connectivity index (χ4v) is 4.15. The number of hydrogen-bond acceptors (Lipinski definition) is 3. The van der Waals surface area contributed by atoms with E-state index in [2.05, 4.69) is 0 Å². The molecule has 0 radical (unpaired) electrons. The highest BCUT2D eigenvalue weighted by Gasteiger charge is 2.24. The smallest absolute Gasteiger partial charge is 0.240 e. The molecule has 1 saturated heterocycles. The van der Waals surface area contributed by atoms with Gasteiger partial charge in [0.15, 0.2) is 0 Å². The fourth-order valence-electron chi connectivity index (χ4n) is 3.15. The zero-order valence-electron chi connectivity index (χ0n) is 12.1. The Bertz CT molecular complexity index is 759. The summed E-state index contributed by atoms with van der Waals surface area (Å²) in [5, 5.41) is 6.09. The Morgan fingerprint density at radius 2 is 2.10 bits per heavy atom. The third-order valence-electron chi connectivity index (χ3n) is 4.12. The number of primary sulfonamides is 1. The van der Waals surface area contributed by atoms with E-state index in [1.54, 1.807) is 6.07 Å². The van der Waals surface area contributed by atoms with Crippen LogP contribution in [-0.4, -0.2) is 25.7 Å². The van der Waals surface area contributed by atoms with E-state index < -0.39 is 10.0 Å². The summed E-state index contributed by atoms with van der Waals surface area (Å²) in [7, 11) is -3.74. The van der Waals surface area contributed by atoms with Gasteiger partial charge in [-0.15, -0.1) is 0 Å². The number of rotatable bonds is 3. The third-order valence-corrected chi connectivity index (χ3v) is 5.20. The molecule has 3 rings (SSSR count). The Hall–Kier alpha value is -1.37. The van der Waals surface area contributed by atoms with E-state index in [-0.39, 0.29) is 11.0 Å². The van der Waals surface area contributed by atoms with Crippen molar-refractivity contribution in [2.75, 3.05) is 6.61 Å². The predicted molar refractivity (Wildman–Crippen MR) is 81.6 cm³/mol. The number of hydrogen-bond donors (Lipinski definition) is 1. The highest BCUT2D eigenvalue weighted by molar-refractivity contribution is 7.89. The zero-order chi connectivity index (χ0) is 15.0. The van der Waals surface area contributed by atoms with Gasteiger partial charge in [0.25, 0.3) is 0 Å². The second kappa shape index (κ2) is 5.44. The lowest BCUT2D eigenvalue weighted by molar-refractivity contribution is 0.00634. The molecule has 0 amide bonds. The maximum Gasteiger partial charge on any atom is 0.240 e. The minimum Gasteiger partial charge on any atom is -0.376 e. The summed E-state index contributed by atoms with van der Waals surface area (Å²) in [4.78, 5) is 0.230. The molecule has 1 fully saturated rings. The van der Waals surface area contributed by atoms with Crippen LogP contribution in [0, 0.1) is 6.92 Å². The van der Waals surface area contributed by atoms with Crippen molar-refractivity contribution in [3.63, 3.8) is 0 Å². The molecule has 0 aliphatic carbocycles. The quantitative estimate of drug-likeness (QED) is 0.944. The molecule has 1 aromatic heterocycles. The van der Waals surface area contributed by atoms with Crippen molar-refractivity contribution in [3.05, 3.63) is 30.0 Å². The largest absolute Gasteiger partial charge is 0.376 e. The first-order valence-corrected chi connectivity index (χ1v) is 8.75. The molecule has 0 saturated carbocycles. The van der Waals surface area contributed by atoms with E-state index in [1.165, 1.54) is 0 Å². The lowest BCUT2D eigenvalue weighted by atomic mass is 10.1. The van der Waals surface area contributed by atoms with Crippen LogP contribution in [0.5, 0.6) is 0 Å². The molecular weight excluding hydrogens is 288 g/mol. The summed E-state index contributed by atoms with van der Waals surface area (Å²) in [5.74, 6) is 0. The van der Waals surface area contributed by atoms with Gasteiger partial charge in [0.05, 0.1) is 6.10 Å². The highest BCUT2D eigenvalue weighted by Crippen LogP contribution is 2.30. The van der Waals surface area contributed by atoms with Crippen LogP contribution >= 0.6 is 0 Å². The number of ether oxygens (including phenoxy) is 1. The van der Waals surface area contributed by atoms with Crippen LogP contribution in [0.25, 0.3) is 10.9 Å². The predicted octanol–water partition coefficient (Wildman–Crippen LogP) is 2.17. The van der Waals surface area contributed by atoms with Gasteiger partial charge in [0.2, 0.25) is 10.0 Å². The average molecular weight is 308 g/mol. The Labute approximate surface area is 124 Å². The summed E-state index contributed by atoms with van der Waals surface area (Å²) < 4.78 is 31.6. The molecule has 5 nitrogen and oxygen atoms in total. The number of benzene rings is 1. The zero-order valence-corrected chi connectivity index (χ0v) is 12.9. The van der Waals surface area contributed by atoms with Gasteiger partial charge in [-0.2, -0.15) is 0 Å². The van der Waals surface area contributed by atoms with Crippen molar-refractivity contribution in [2.24, 2.45) is 5.14 Å². The molecule has 6 heteroatoms. The van der Waals surface area contributed by atoms with E-state index in [0.29, 0.717) is 17.6 Å². The molecule has 0 bridgehead atoms. The molecule has 2 aromatic rings. The number of sulfonamides is 1. The minimum atomic E-state index is -3.74. The number of nitrogens with two attached hydrogens (primary N) is 1. The summed E-state index contributed by atoms with van der Waals surface area (Å²) in [6.45, 7) is 3.26. The van der Waals surface area contributed by atoms with Gasteiger partial charge in [-0.05, 0) is 32.3 Å². The van der Waals surface area contributed by atoms with Gasteiger partial charge >= 0.3 is 0 Å². The summed E-state index contributed by atoms with van der Waals surface area (Å²) in [6.07, 6.45) is 3.41. The van der Waals surface area contributed by atoms with E-state index >= 15 is 0 Å². The fraction of sp³-hybridized carbons (Fsp3) is 0.467. The van der Waals surface area contributed by atoms with Crippen molar-refractivity contribution in [1.82, 2.24) is 4.57 Å². The molecular formula is C15H20N2O3S. The Balaban J connectivity index is 2.11. The second-order valence-electron chi connectivity index (χ2n) is 5.58. The van der Waals surface area contributed by atoms with Gasteiger partial charge in [-0.25, -0.2) is 13.6 Å². The number of para-hydroxylation sites is 1. The maximum atomic E-state index is 11.9. The normalized spacial score (nSPS) is 20.0. The molecule has 2 N–H and O–H groups in total. The molecule has 0 spiro atoms. The van der Waals surface area contributed by atoms with Gasteiger partial charge in [0.1, 0.15) is 4.90 Å². The molecule has 1 aliphatic rings. The van der Waals surface area contributed by atoms with Crippen molar-refractivity contribution < 1.29 is 13.2 Å². The molecule has 114 valence electrons. The number of aromatic nitrogens is 1. The number of nitrogens with zero attached hydrogens (tertiary/aromatic N) is 1. The number of fused-ring (bicyclic) bond motifs is 1. The van der Waals surface area contributed by atoms with Gasteiger partial charge in [0, 0.05) is 29.7 Å². The lowest BCUT2D eigenvalue weighted by Gasteiger charge is -2.24.